The summed E-state index contributed by atoms with van der Waals surface area (Å²) in [5.41, 5.74) is 11.5. The predicted molar refractivity (Wildman–Crippen MR) is 135 cm³/mol. The van der Waals surface area contributed by atoms with E-state index in [-0.39, 0.29) is 5.92 Å². The molecule has 3 aromatic heterocycles. The summed E-state index contributed by atoms with van der Waals surface area (Å²) in [5, 5.41) is 23.2. The van der Waals surface area contributed by atoms with Crippen LogP contribution in [0.1, 0.15) is 24.5 Å². The molecule has 1 fully saturated rings. The van der Waals surface area contributed by atoms with Crippen molar-refractivity contribution in [2.24, 2.45) is 0 Å². The third-order valence-electron chi connectivity index (χ3n) is 6.44. The molecular weight excluding hydrogens is 512 g/mol. The number of nitrogens with zero attached hydrogens (tertiary/aromatic N) is 5. The van der Waals surface area contributed by atoms with E-state index in [0.717, 1.165) is 28.1 Å². The molecule has 1 aliphatic rings. The van der Waals surface area contributed by atoms with Crippen LogP contribution >= 0.6 is 15.9 Å². The van der Waals surface area contributed by atoms with Gasteiger partial charge in [0, 0.05) is 41.9 Å². The minimum Gasteiger partial charge on any atom is -0.393 e. The van der Waals surface area contributed by atoms with Gasteiger partial charge < -0.3 is 20.8 Å². The Morgan fingerprint density at radius 2 is 1.86 bits per heavy atom. The Hall–Kier alpha value is -3.34. The van der Waals surface area contributed by atoms with Gasteiger partial charge >= 0.3 is 0 Å². The van der Waals surface area contributed by atoms with Crippen LogP contribution in [-0.4, -0.2) is 66.4 Å². The Labute approximate surface area is 210 Å². The van der Waals surface area contributed by atoms with E-state index in [4.69, 9.17) is 15.8 Å². The highest BCUT2D eigenvalue weighted by molar-refractivity contribution is 9.10. The van der Waals surface area contributed by atoms with Crippen molar-refractivity contribution in [1.29, 1.82) is 0 Å². The Kier molecular flexibility index (Phi) is 6.50. The molecule has 4 heterocycles. The second kappa shape index (κ2) is 9.73. The smallest absolute Gasteiger partial charge is 0.253 e. The van der Waals surface area contributed by atoms with Crippen LogP contribution in [-0.2, 0) is 4.79 Å². The highest BCUT2D eigenvalue weighted by atomic mass is 79.9. The number of carbonyl (C=O) groups excluding carboxylic acids is 1. The van der Waals surface area contributed by atoms with Gasteiger partial charge in [-0.15, -0.1) is 0 Å². The van der Waals surface area contributed by atoms with Crippen LogP contribution in [0.2, 0.25) is 0 Å². The lowest BCUT2D eigenvalue weighted by molar-refractivity contribution is -0.143. The van der Waals surface area contributed by atoms with Gasteiger partial charge in [0.1, 0.15) is 5.82 Å². The molecule has 0 spiro atoms. The minimum absolute atomic E-state index is 0.0772. The number of piperidine rings is 1. The maximum absolute atomic E-state index is 12.2. The largest absolute Gasteiger partial charge is 0.393 e. The molecule has 1 saturated heterocycles. The van der Waals surface area contributed by atoms with E-state index >= 15 is 0 Å². The lowest BCUT2D eigenvalue weighted by Crippen LogP contribution is -2.44. The highest BCUT2D eigenvalue weighted by Crippen LogP contribution is 2.37. The third-order valence-corrected chi connectivity index (χ3v) is 7.26. The summed E-state index contributed by atoms with van der Waals surface area (Å²) in [6.07, 6.45) is 3.52. The maximum Gasteiger partial charge on any atom is 0.253 e. The molecule has 1 aromatic carbocycles. The first kappa shape index (κ1) is 23.4. The molecule has 4 N–H and O–H groups in total. The summed E-state index contributed by atoms with van der Waals surface area (Å²) in [6.45, 7) is 0.359. The van der Waals surface area contributed by atoms with E-state index in [0.29, 0.717) is 41.9 Å². The molecule has 1 unspecified atom stereocenters. The molecule has 9 nitrogen and oxygen atoms in total. The van der Waals surface area contributed by atoms with Gasteiger partial charge in [-0.3, -0.25) is 9.78 Å². The highest BCUT2D eigenvalue weighted by Gasteiger charge is 2.30. The molecule has 0 radical (unpaired) electrons. The number of pyridine rings is 1. The Bertz CT molecular complexity index is 1350. The third kappa shape index (κ3) is 4.40. The Morgan fingerprint density at radius 3 is 2.51 bits per heavy atom. The standard InChI is InChI=1S/C25H25BrN6O3/c26-21-22(16-8-10-31(11-9-16)25(35)20(34)14-33)30-24-18(13-29-32(24)23(21)27)17-6-7-19(28-12-17)15-4-2-1-3-5-15/h1-7,12-13,16,20,33-34H,8-11,14,27H2. The Morgan fingerprint density at radius 1 is 1.11 bits per heavy atom. The van der Waals surface area contributed by atoms with Gasteiger partial charge in [-0.05, 0) is 34.8 Å². The van der Waals surface area contributed by atoms with Crippen molar-refractivity contribution in [3.8, 4) is 22.4 Å². The van der Waals surface area contributed by atoms with Gasteiger partial charge in [0.15, 0.2) is 11.8 Å². The maximum atomic E-state index is 12.2. The molecule has 1 atom stereocenters. The first-order valence-electron chi connectivity index (χ1n) is 11.4. The van der Waals surface area contributed by atoms with E-state index in [9.17, 15) is 9.90 Å². The number of halogens is 1. The van der Waals surface area contributed by atoms with Crippen LogP contribution in [0.5, 0.6) is 0 Å². The number of amides is 1. The zero-order valence-corrected chi connectivity index (χ0v) is 20.5. The molecule has 5 rings (SSSR count). The van der Waals surface area contributed by atoms with Crippen molar-refractivity contribution in [2.75, 3.05) is 25.4 Å². The summed E-state index contributed by atoms with van der Waals surface area (Å²) in [6, 6.07) is 14.0. The molecule has 0 saturated carbocycles. The molecule has 0 bridgehead atoms. The number of carbonyl (C=O) groups is 1. The predicted octanol–water partition coefficient (Wildman–Crippen LogP) is 2.86. The number of nitrogens with two attached hydrogens (primary N) is 1. The minimum atomic E-state index is -1.38. The fraction of sp³-hybridized carbons (Fsp3) is 0.280. The fourth-order valence-electron chi connectivity index (χ4n) is 4.48. The summed E-state index contributed by atoms with van der Waals surface area (Å²) in [7, 11) is 0. The van der Waals surface area contributed by atoms with Gasteiger partial charge in [-0.2, -0.15) is 9.61 Å². The van der Waals surface area contributed by atoms with Crippen LogP contribution < -0.4 is 5.73 Å². The van der Waals surface area contributed by atoms with E-state index < -0.39 is 18.6 Å². The SMILES string of the molecule is Nc1c(Br)c(C2CCN(C(=O)C(O)CO)CC2)nc2c(-c3ccc(-c4ccccc4)nc3)cnn12. The number of benzene rings is 1. The van der Waals surface area contributed by atoms with E-state index in [1.807, 2.05) is 48.7 Å². The molecule has 1 aliphatic heterocycles. The van der Waals surface area contributed by atoms with Crippen molar-refractivity contribution >= 4 is 33.3 Å². The second-order valence-electron chi connectivity index (χ2n) is 8.59. The molecule has 4 aromatic rings. The van der Waals surface area contributed by atoms with Crippen molar-refractivity contribution in [2.45, 2.75) is 24.9 Å². The van der Waals surface area contributed by atoms with Gasteiger partial charge in [0.2, 0.25) is 0 Å². The number of likely N-dealkylation sites (tertiary alicyclic amines) is 1. The molecular formula is C25H25BrN6O3. The van der Waals surface area contributed by atoms with Gasteiger partial charge in [0.25, 0.3) is 5.91 Å². The van der Waals surface area contributed by atoms with Gasteiger partial charge in [0.05, 0.1) is 28.7 Å². The zero-order valence-electron chi connectivity index (χ0n) is 18.9. The number of rotatable bonds is 5. The molecule has 0 aliphatic carbocycles. The number of hydrogen-bond acceptors (Lipinski definition) is 7. The molecule has 180 valence electrons. The summed E-state index contributed by atoms with van der Waals surface area (Å²) in [5.74, 6) is 0.0881. The fourth-order valence-corrected chi connectivity index (χ4v) is 5.06. The lowest BCUT2D eigenvalue weighted by atomic mass is 9.92. The first-order chi connectivity index (χ1) is 17.0. The number of nitrogen functional groups attached to an aromatic ring is 1. The molecule has 35 heavy (non-hydrogen) atoms. The van der Waals surface area contributed by atoms with E-state index in [2.05, 4.69) is 26.0 Å². The quantitative estimate of drug-likeness (QED) is 0.357. The number of aromatic nitrogens is 4. The van der Waals surface area contributed by atoms with Crippen LogP contribution in [0.3, 0.4) is 0 Å². The van der Waals surface area contributed by atoms with Crippen LogP contribution in [0, 0.1) is 0 Å². The Balaban J connectivity index is 1.44. The number of fused-ring (bicyclic) bond motifs is 1. The van der Waals surface area contributed by atoms with Crippen LogP contribution in [0.25, 0.3) is 28.0 Å². The monoisotopic (exact) mass is 536 g/mol. The van der Waals surface area contributed by atoms with E-state index in [1.165, 1.54) is 0 Å². The van der Waals surface area contributed by atoms with Crippen LogP contribution in [0.4, 0.5) is 5.82 Å². The topological polar surface area (TPSA) is 130 Å². The van der Waals surface area contributed by atoms with Gasteiger partial charge in [-0.1, -0.05) is 36.4 Å². The molecule has 10 heteroatoms. The second-order valence-corrected chi connectivity index (χ2v) is 9.38. The molecule has 1 amide bonds. The number of anilines is 1. The van der Waals surface area contributed by atoms with Crippen molar-refractivity contribution in [3.63, 3.8) is 0 Å². The number of hydrogen-bond donors (Lipinski definition) is 3. The first-order valence-corrected chi connectivity index (χ1v) is 12.2. The summed E-state index contributed by atoms with van der Waals surface area (Å²) < 4.78 is 2.31. The van der Waals surface area contributed by atoms with Crippen molar-refractivity contribution < 1.29 is 15.0 Å². The normalized spacial score (nSPS) is 15.5. The number of aliphatic hydroxyl groups excluding tert-OH is 2. The summed E-state index contributed by atoms with van der Waals surface area (Å²) >= 11 is 3.60. The van der Waals surface area contributed by atoms with Crippen molar-refractivity contribution in [3.05, 3.63) is 65.0 Å². The summed E-state index contributed by atoms with van der Waals surface area (Å²) in [4.78, 5) is 23.4. The lowest BCUT2D eigenvalue weighted by Gasteiger charge is -2.33. The average molecular weight is 537 g/mol. The van der Waals surface area contributed by atoms with Crippen LogP contribution in [0.15, 0.2) is 59.3 Å². The van der Waals surface area contributed by atoms with Crippen molar-refractivity contribution in [1.82, 2.24) is 24.5 Å². The van der Waals surface area contributed by atoms with Gasteiger partial charge in [-0.25, -0.2) is 4.98 Å². The zero-order chi connectivity index (χ0) is 24.5. The van der Waals surface area contributed by atoms with E-state index in [1.54, 1.807) is 15.6 Å². The average Bonchev–Trinajstić information content (AvgIpc) is 3.34. The number of aliphatic hydroxyl groups is 2.